The zero-order valence-electron chi connectivity index (χ0n) is 17.4. The summed E-state index contributed by atoms with van der Waals surface area (Å²) >= 11 is 0. The van der Waals surface area contributed by atoms with E-state index in [0.717, 1.165) is 37.8 Å². The molecule has 0 saturated carbocycles. The summed E-state index contributed by atoms with van der Waals surface area (Å²) < 4.78 is 59.4. The number of alkyl halides is 3. The third kappa shape index (κ3) is 4.76. The molecule has 31 heavy (non-hydrogen) atoms. The predicted octanol–water partition coefficient (Wildman–Crippen LogP) is 5.20. The van der Waals surface area contributed by atoms with Crippen LogP contribution in [0.1, 0.15) is 49.8 Å². The molecule has 9 heteroatoms. The number of rotatable bonds is 5. The van der Waals surface area contributed by atoms with Crippen molar-refractivity contribution >= 4 is 11.6 Å². The first-order chi connectivity index (χ1) is 14.8. The molecule has 2 aliphatic rings. The van der Waals surface area contributed by atoms with Gasteiger partial charge in [0, 0.05) is 26.3 Å². The van der Waals surface area contributed by atoms with Crippen molar-refractivity contribution in [1.29, 1.82) is 0 Å². The summed E-state index contributed by atoms with van der Waals surface area (Å²) in [7, 11) is 0. The minimum Gasteiger partial charge on any atom is -0.381 e. The third-order valence-electron chi connectivity index (χ3n) is 6.30. The Hall–Kier alpha value is -2.42. The molecule has 0 aliphatic carbocycles. The Morgan fingerprint density at radius 1 is 1.16 bits per heavy atom. The Bertz CT molecular complexity index is 897. The van der Waals surface area contributed by atoms with Gasteiger partial charge in [-0.2, -0.15) is 17.6 Å². The molecular formula is C22H26F4N4O. The van der Waals surface area contributed by atoms with Crippen molar-refractivity contribution in [3.8, 4) is 0 Å². The quantitative estimate of drug-likeness (QED) is 0.650. The van der Waals surface area contributed by atoms with Gasteiger partial charge in [0.2, 0.25) is 5.82 Å². The van der Waals surface area contributed by atoms with E-state index in [-0.39, 0.29) is 23.1 Å². The summed E-state index contributed by atoms with van der Waals surface area (Å²) in [6.45, 7) is 4.68. The van der Waals surface area contributed by atoms with Crippen LogP contribution in [0, 0.1) is 11.2 Å². The van der Waals surface area contributed by atoms with Crippen molar-refractivity contribution in [2.75, 3.05) is 36.5 Å². The van der Waals surface area contributed by atoms with Crippen LogP contribution in [0.25, 0.3) is 0 Å². The fourth-order valence-electron chi connectivity index (χ4n) is 4.28. The summed E-state index contributed by atoms with van der Waals surface area (Å²) in [6.07, 6.45) is 0.248. The van der Waals surface area contributed by atoms with Gasteiger partial charge >= 0.3 is 6.18 Å². The zero-order chi connectivity index (χ0) is 22.1. The van der Waals surface area contributed by atoms with Gasteiger partial charge in [-0.1, -0.05) is 19.1 Å². The van der Waals surface area contributed by atoms with E-state index in [1.807, 2.05) is 4.90 Å². The fourth-order valence-corrected chi connectivity index (χ4v) is 4.28. The number of hydrogen-bond acceptors (Lipinski definition) is 5. The monoisotopic (exact) mass is 438 g/mol. The van der Waals surface area contributed by atoms with Crippen LogP contribution >= 0.6 is 0 Å². The highest BCUT2D eigenvalue weighted by Gasteiger charge is 2.33. The first kappa shape index (κ1) is 21.8. The Labute approximate surface area is 178 Å². The molecule has 5 nitrogen and oxygen atoms in total. The molecule has 2 aromatic rings. The molecular weight excluding hydrogens is 412 g/mol. The maximum Gasteiger partial charge on any atom is 0.416 e. The summed E-state index contributed by atoms with van der Waals surface area (Å²) in [5.74, 6) is -0.204. The van der Waals surface area contributed by atoms with E-state index in [2.05, 4.69) is 22.2 Å². The maximum absolute atomic E-state index is 15.3. The highest BCUT2D eigenvalue weighted by Crippen LogP contribution is 2.39. The van der Waals surface area contributed by atoms with Crippen molar-refractivity contribution in [1.82, 2.24) is 9.97 Å². The standard InChI is InChI=1S/C22H26F4N4O/c1-21(8-11-31-12-9-21)13-27-19-18(23)20(29-14-28-19)30-10-2-3-17(30)15-4-6-16(7-5-15)22(24,25)26/h4-7,14,17H,2-3,8-13H2,1H3,(H,27,28,29). The van der Waals surface area contributed by atoms with E-state index in [1.165, 1.54) is 18.5 Å². The van der Waals surface area contributed by atoms with E-state index in [0.29, 0.717) is 31.9 Å². The topological polar surface area (TPSA) is 50.3 Å². The van der Waals surface area contributed by atoms with Gasteiger partial charge in [0.25, 0.3) is 0 Å². The van der Waals surface area contributed by atoms with E-state index in [4.69, 9.17) is 4.74 Å². The van der Waals surface area contributed by atoms with E-state index < -0.39 is 17.6 Å². The first-order valence-corrected chi connectivity index (χ1v) is 10.5. The van der Waals surface area contributed by atoms with Crippen molar-refractivity contribution < 1.29 is 22.3 Å². The van der Waals surface area contributed by atoms with Gasteiger partial charge in [-0.15, -0.1) is 0 Å². The lowest BCUT2D eigenvalue weighted by molar-refractivity contribution is -0.137. The van der Waals surface area contributed by atoms with Crippen molar-refractivity contribution in [3.05, 3.63) is 47.5 Å². The van der Waals surface area contributed by atoms with Gasteiger partial charge in [-0.05, 0) is 48.8 Å². The Morgan fingerprint density at radius 3 is 2.55 bits per heavy atom. The molecule has 2 saturated heterocycles. The number of nitrogens with one attached hydrogen (secondary N) is 1. The van der Waals surface area contributed by atoms with Crippen LogP contribution in [0.4, 0.5) is 29.2 Å². The van der Waals surface area contributed by atoms with Crippen LogP contribution in [-0.2, 0) is 10.9 Å². The molecule has 3 heterocycles. The Balaban J connectivity index is 1.52. The van der Waals surface area contributed by atoms with Crippen LogP contribution in [0.15, 0.2) is 30.6 Å². The number of anilines is 2. The molecule has 168 valence electrons. The minimum atomic E-state index is -4.38. The van der Waals surface area contributed by atoms with E-state index in [9.17, 15) is 13.2 Å². The lowest BCUT2D eigenvalue weighted by atomic mass is 9.82. The molecule has 1 N–H and O–H groups in total. The molecule has 1 aromatic heterocycles. The zero-order valence-corrected chi connectivity index (χ0v) is 17.4. The molecule has 1 atom stereocenters. The highest BCUT2D eigenvalue weighted by molar-refractivity contribution is 5.53. The van der Waals surface area contributed by atoms with Gasteiger partial charge in [-0.25, -0.2) is 9.97 Å². The molecule has 4 rings (SSSR count). The summed E-state index contributed by atoms with van der Waals surface area (Å²) in [4.78, 5) is 10.1. The van der Waals surface area contributed by atoms with Crippen LogP contribution in [0.2, 0.25) is 0 Å². The second kappa shape index (κ2) is 8.61. The first-order valence-electron chi connectivity index (χ1n) is 10.5. The summed E-state index contributed by atoms with van der Waals surface area (Å²) in [6, 6.07) is 4.85. The Kier molecular flexibility index (Phi) is 6.05. The molecule has 0 radical (unpaired) electrons. The molecule has 1 aromatic carbocycles. The van der Waals surface area contributed by atoms with Gasteiger partial charge in [0.15, 0.2) is 11.6 Å². The van der Waals surface area contributed by atoms with Crippen LogP contribution < -0.4 is 10.2 Å². The average molecular weight is 438 g/mol. The highest BCUT2D eigenvalue weighted by atomic mass is 19.4. The van der Waals surface area contributed by atoms with Gasteiger partial charge < -0.3 is 15.0 Å². The number of benzene rings is 1. The number of hydrogen-bond donors (Lipinski definition) is 1. The number of halogens is 4. The predicted molar refractivity (Wildman–Crippen MR) is 109 cm³/mol. The molecule has 0 amide bonds. The maximum atomic E-state index is 15.3. The van der Waals surface area contributed by atoms with Gasteiger partial charge in [0.1, 0.15) is 6.33 Å². The number of nitrogens with zero attached hydrogens (tertiary/aromatic N) is 3. The molecule has 2 aliphatic heterocycles. The number of aromatic nitrogens is 2. The van der Waals surface area contributed by atoms with Crippen LogP contribution in [0.3, 0.4) is 0 Å². The van der Waals surface area contributed by atoms with E-state index in [1.54, 1.807) is 0 Å². The second-order valence-electron chi connectivity index (χ2n) is 8.61. The van der Waals surface area contributed by atoms with Gasteiger partial charge in [0.05, 0.1) is 11.6 Å². The largest absolute Gasteiger partial charge is 0.416 e. The molecule has 2 fully saturated rings. The molecule has 0 bridgehead atoms. The van der Waals surface area contributed by atoms with Crippen LogP contribution in [-0.4, -0.2) is 36.3 Å². The smallest absolute Gasteiger partial charge is 0.381 e. The summed E-state index contributed by atoms with van der Waals surface area (Å²) in [5.41, 5.74) is 0.0292. The third-order valence-corrected chi connectivity index (χ3v) is 6.30. The SMILES string of the molecule is CC1(CNc2ncnc(N3CCCC3c3ccc(C(F)(F)F)cc3)c2F)CCOCC1. The van der Waals surface area contributed by atoms with E-state index >= 15 is 4.39 Å². The van der Waals surface area contributed by atoms with Crippen molar-refractivity contribution in [2.24, 2.45) is 5.41 Å². The lowest BCUT2D eigenvalue weighted by Crippen LogP contribution is -2.33. The molecule has 1 unspecified atom stereocenters. The molecule has 0 spiro atoms. The van der Waals surface area contributed by atoms with Crippen molar-refractivity contribution in [2.45, 2.75) is 44.8 Å². The second-order valence-corrected chi connectivity index (χ2v) is 8.61. The summed E-state index contributed by atoms with van der Waals surface area (Å²) in [5, 5.41) is 3.13. The Morgan fingerprint density at radius 2 is 1.87 bits per heavy atom. The van der Waals surface area contributed by atoms with Crippen molar-refractivity contribution in [3.63, 3.8) is 0 Å². The van der Waals surface area contributed by atoms with Gasteiger partial charge in [-0.3, -0.25) is 0 Å². The lowest BCUT2D eigenvalue weighted by Gasteiger charge is -2.34. The minimum absolute atomic E-state index is 0.00616. The number of ether oxygens (including phenoxy) is 1. The average Bonchev–Trinajstić information content (AvgIpc) is 3.23. The van der Waals surface area contributed by atoms with Crippen LogP contribution in [0.5, 0.6) is 0 Å². The fraction of sp³-hybridized carbons (Fsp3) is 0.545. The normalized spacial score (nSPS) is 21.3.